The number of benzene rings is 2. The van der Waals surface area contributed by atoms with E-state index in [1.165, 1.54) is 0 Å². The van der Waals surface area contributed by atoms with Gasteiger partial charge in [0, 0.05) is 18.4 Å². The van der Waals surface area contributed by atoms with Crippen LogP contribution in [0.5, 0.6) is 0 Å². The van der Waals surface area contributed by atoms with E-state index in [0.29, 0.717) is 12.8 Å². The van der Waals surface area contributed by atoms with Crippen LogP contribution in [0.15, 0.2) is 48.5 Å². The Bertz CT molecular complexity index is 913. The minimum absolute atomic E-state index is 0.0209. The maximum atomic E-state index is 12.4. The molecule has 3 rings (SSSR count). The summed E-state index contributed by atoms with van der Waals surface area (Å²) in [7, 11) is 0. The zero-order valence-electron chi connectivity index (χ0n) is 17.8. The Kier molecular flexibility index (Phi) is 7.28. The van der Waals surface area contributed by atoms with E-state index in [1.807, 2.05) is 43.3 Å². The average molecular weight is 424 g/mol. The third-order valence-corrected chi connectivity index (χ3v) is 5.62. The molecular weight excluding hydrogens is 396 g/mol. The lowest BCUT2D eigenvalue weighted by Crippen LogP contribution is -2.48. The molecule has 0 fully saturated rings. The summed E-state index contributed by atoms with van der Waals surface area (Å²) in [4.78, 5) is 35.4. The van der Waals surface area contributed by atoms with Gasteiger partial charge in [0.1, 0.15) is 12.6 Å². The molecule has 164 valence electrons. The van der Waals surface area contributed by atoms with Crippen LogP contribution >= 0.6 is 0 Å². The molecule has 1 aliphatic carbocycles. The molecule has 31 heavy (non-hydrogen) atoms. The molecule has 2 amide bonds. The number of aliphatic carboxylic acids is 1. The van der Waals surface area contributed by atoms with Gasteiger partial charge in [-0.2, -0.15) is 0 Å². The first-order valence-electron chi connectivity index (χ1n) is 10.5. The van der Waals surface area contributed by atoms with Gasteiger partial charge in [-0.25, -0.2) is 4.79 Å². The van der Waals surface area contributed by atoms with Crippen molar-refractivity contribution in [2.45, 2.75) is 51.1 Å². The van der Waals surface area contributed by atoms with Gasteiger partial charge in [-0.05, 0) is 42.0 Å². The quantitative estimate of drug-likeness (QED) is 0.570. The Morgan fingerprint density at radius 1 is 1.00 bits per heavy atom. The van der Waals surface area contributed by atoms with E-state index in [2.05, 4.69) is 22.8 Å². The topological polar surface area (TPSA) is 105 Å². The molecule has 7 heteroatoms. The number of hydrogen-bond donors (Lipinski definition) is 3. The third kappa shape index (κ3) is 5.42. The van der Waals surface area contributed by atoms with Crippen LogP contribution in [0.4, 0.5) is 4.79 Å². The molecule has 1 aliphatic rings. The zero-order chi connectivity index (χ0) is 22.4. The van der Waals surface area contributed by atoms with Gasteiger partial charge in [-0.1, -0.05) is 55.5 Å². The molecule has 2 aromatic carbocycles. The standard InChI is InChI=1S/C24H28N2O5/c1-3-16(12-13-22(27)28)26-23(29)15(2)25-24(30)31-14-21-19-10-6-4-8-17(19)18-9-5-7-11-20(18)21/h4-11,15-16,21H,3,12-14H2,1-2H3,(H,25,30)(H,26,29)(H,27,28)/t15-,16?/m0/s1. The molecular formula is C24H28N2O5. The fraction of sp³-hybridized carbons (Fsp3) is 0.375. The second-order valence-electron chi connectivity index (χ2n) is 7.74. The van der Waals surface area contributed by atoms with Gasteiger partial charge in [0.2, 0.25) is 5.91 Å². The number of carboxylic acids is 1. The third-order valence-electron chi connectivity index (χ3n) is 5.62. The van der Waals surface area contributed by atoms with Crippen molar-refractivity contribution in [3.8, 4) is 11.1 Å². The summed E-state index contributed by atoms with van der Waals surface area (Å²) in [6.45, 7) is 3.61. The highest BCUT2D eigenvalue weighted by Crippen LogP contribution is 2.44. The Morgan fingerprint density at radius 2 is 1.58 bits per heavy atom. The molecule has 0 saturated carbocycles. The number of nitrogens with one attached hydrogen (secondary N) is 2. The number of rotatable bonds is 9. The van der Waals surface area contributed by atoms with E-state index in [-0.39, 0.29) is 30.9 Å². The number of amides is 2. The lowest BCUT2D eigenvalue weighted by Gasteiger charge is -2.20. The summed E-state index contributed by atoms with van der Waals surface area (Å²) in [6, 6.07) is 15.1. The SMILES string of the molecule is CCC(CCC(=O)O)NC(=O)[C@H](C)NC(=O)OCC1c2ccccc2-c2ccccc21. The van der Waals surface area contributed by atoms with E-state index in [1.54, 1.807) is 6.92 Å². The normalized spacial score (nSPS) is 14.1. The van der Waals surface area contributed by atoms with Gasteiger partial charge in [-0.3, -0.25) is 9.59 Å². The molecule has 0 saturated heterocycles. The van der Waals surface area contributed by atoms with Gasteiger partial charge in [-0.15, -0.1) is 0 Å². The number of carboxylic acid groups (broad SMARTS) is 1. The minimum Gasteiger partial charge on any atom is -0.481 e. The Hall–Kier alpha value is -3.35. The van der Waals surface area contributed by atoms with Crippen molar-refractivity contribution in [3.05, 3.63) is 59.7 Å². The average Bonchev–Trinajstić information content (AvgIpc) is 3.08. The maximum absolute atomic E-state index is 12.4. The molecule has 2 atom stereocenters. The van der Waals surface area contributed by atoms with Crippen LogP contribution in [0.25, 0.3) is 11.1 Å². The van der Waals surface area contributed by atoms with Crippen LogP contribution < -0.4 is 10.6 Å². The second kappa shape index (κ2) is 10.1. The van der Waals surface area contributed by atoms with Crippen molar-refractivity contribution in [1.82, 2.24) is 10.6 Å². The Balaban J connectivity index is 1.54. The summed E-state index contributed by atoms with van der Waals surface area (Å²) < 4.78 is 5.46. The van der Waals surface area contributed by atoms with Gasteiger partial charge in [0.15, 0.2) is 0 Å². The highest BCUT2D eigenvalue weighted by atomic mass is 16.5. The summed E-state index contributed by atoms with van der Waals surface area (Å²) in [6.07, 6.45) is 0.266. The van der Waals surface area contributed by atoms with Gasteiger partial charge < -0.3 is 20.5 Å². The number of alkyl carbamates (subject to hydrolysis) is 1. The van der Waals surface area contributed by atoms with Crippen LogP contribution in [0.1, 0.15) is 50.2 Å². The van der Waals surface area contributed by atoms with Crippen molar-refractivity contribution in [2.24, 2.45) is 0 Å². The maximum Gasteiger partial charge on any atom is 0.407 e. The molecule has 0 aliphatic heterocycles. The molecule has 3 N–H and O–H groups in total. The number of carbonyl (C=O) groups is 3. The van der Waals surface area contributed by atoms with Crippen LogP contribution in [0.2, 0.25) is 0 Å². The largest absolute Gasteiger partial charge is 0.481 e. The van der Waals surface area contributed by atoms with Crippen LogP contribution in [0.3, 0.4) is 0 Å². The number of ether oxygens (including phenoxy) is 1. The number of carbonyl (C=O) groups excluding carboxylic acids is 2. The predicted octanol–water partition coefficient (Wildman–Crippen LogP) is 3.67. The van der Waals surface area contributed by atoms with Crippen LogP contribution in [-0.2, 0) is 14.3 Å². The smallest absolute Gasteiger partial charge is 0.407 e. The molecule has 0 aromatic heterocycles. The highest BCUT2D eigenvalue weighted by Gasteiger charge is 2.29. The van der Waals surface area contributed by atoms with Crippen molar-refractivity contribution in [2.75, 3.05) is 6.61 Å². The first-order valence-corrected chi connectivity index (χ1v) is 10.5. The summed E-state index contributed by atoms with van der Waals surface area (Å²) in [5.41, 5.74) is 4.52. The predicted molar refractivity (Wildman–Crippen MR) is 117 cm³/mol. The number of hydrogen-bond acceptors (Lipinski definition) is 4. The first-order chi connectivity index (χ1) is 14.9. The second-order valence-corrected chi connectivity index (χ2v) is 7.74. The van der Waals surface area contributed by atoms with Crippen LogP contribution in [0, 0.1) is 0 Å². The van der Waals surface area contributed by atoms with E-state index in [9.17, 15) is 14.4 Å². The summed E-state index contributed by atoms with van der Waals surface area (Å²) in [5, 5.41) is 14.1. The van der Waals surface area contributed by atoms with Gasteiger partial charge in [0.05, 0.1) is 0 Å². The molecule has 1 unspecified atom stereocenters. The van der Waals surface area contributed by atoms with E-state index in [4.69, 9.17) is 9.84 Å². The van der Waals surface area contributed by atoms with E-state index in [0.717, 1.165) is 22.3 Å². The van der Waals surface area contributed by atoms with Crippen molar-refractivity contribution >= 4 is 18.0 Å². The monoisotopic (exact) mass is 424 g/mol. The zero-order valence-corrected chi connectivity index (χ0v) is 17.8. The minimum atomic E-state index is -0.905. The summed E-state index contributed by atoms with van der Waals surface area (Å²) in [5.74, 6) is -1.33. The van der Waals surface area contributed by atoms with E-state index < -0.39 is 18.1 Å². The Morgan fingerprint density at radius 3 is 2.13 bits per heavy atom. The molecule has 7 nitrogen and oxygen atoms in total. The molecule has 2 aromatic rings. The molecule has 0 radical (unpaired) electrons. The van der Waals surface area contributed by atoms with Gasteiger partial charge >= 0.3 is 12.1 Å². The molecule has 0 heterocycles. The molecule has 0 spiro atoms. The van der Waals surface area contributed by atoms with Crippen molar-refractivity contribution in [3.63, 3.8) is 0 Å². The lowest BCUT2D eigenvalue weighted by molar-refractivity contribution is -0.137. The van der Waals surface area contributed by atoms with Crippen molar-refractivity contribution < 1.29 is 24.2 Å². The van der Waals surface area contributed by atoms with Gasteiger partial charge in [0.25, 0.3) is 0 Å². The first kappa shape index (κ1) is 22.3. The molecule has 0 bridgehead atoms. The lowest BCUT2D eigenvalue weighted by atomic mass is 9.98. The Labute approximate surface area is 181 Å². The summed E-state index contributed by atoms with van der Waals surface area (Å²) >= 11 is 0. The fourth-order valence-corrected chi connectivity index (χ4v) is 3.88. The van der Waals surface area contributed by atoms with E-state index >= 15 is 0 Å². The highest BCUT2D eigenvalue weighted by molar-refractivity contribution is 5.85. The van der Waals surface area contributed by atoms with Crippen LogP contribution in [-0.4, -0.2) is 41.8 Å². The van der Waals surface area contributed by atoms with Crippen molar-refractivity contribution in [1.29, 1.82) is 0 Å². The fourth-order valence-electron chi connectivity index (χ4n) is 3.88. The number of fused-ring (bicyclic) bond motifs is 3.